The van der Waals surface area contributed by atoms with Crippen LogP contribution >= 0.6 is 11.3 Å². The third-order valence-electron chi connectivity index (χ3n) is 3.86. The van der Waals surface area contributed by atoms with E-state index in [9.17, 15) is 9.59 Å². The molecule has 0 bridgehead atoms. The van der Waals surface area contributed by atoms with Crippen molar-refractivity contribution in [1.82, 2.24) is 15.6 Å². The molecule has 0 fully saturated rings. The van der Waals surface area contributed by atoms with Crippen LogP contribution in [0.4, 0.5) is 0 Å². The van der Waals surface area contributed by atoms with Crippen LogP contribution in [0.2, 0.25) is 0 Å². The number of benzene rings is 1. The molecule has 1 aromatic carbocycles. The monoisotopic (exact) mass is 419 g/mol. The van der Waals surface area contributed by atoms with Crippen LogP contribution in [-0.4, -0.2) is 37.0 Å². The van der Waals surface area contributed by atoms with Gasteiger partial charge in [0.1, 0.15) is 17.3 Å². The number of carbonyl (C=O) groups excluding carboxylic acids is 2. The quantitative estimate of drug-likeness (QED) is 0.576. The Hall–Kier alpha value is -2.61. The Balaban J connectivity index is 1.70. The molecule has 2 N–H and O–H groups in total. The van der Waals surface area contributed by atoms with Crippen molar-refractivity contribution in [3.63, 3.8) is 0 Å². The summed E-state index contributed by atoms with van der Waals surface area (Å²) in [5, 5.41) is 8.10. The first kappa shape index (κ1) is 22.7. The van der Waals surface area contributed by atoms with E-state index in [-0.39, 0.29) is 23.8 Å². The molecule has 0 aliphatic heterocycles. The first-order chi connectivity index (χ1) is 13.8. The molecule has 0 saturated heterocycles. The fourth-order valence-electron chi connectivity index (χ4n) is 2.51. The molecule has 8 heteroatoms. The van der Waals surface area contributed by atoms with Gasteiger partial charge in [0.2, 0.25) is 5.91 Å². The van der Waals surface area contributed by atoms with Crippen molar-refractivity contribution in [1.29, 1.82) is 0 Å². The fraction of sp³-hybridized carbons (Fsp3) is 0.476. The van der Waals surface area contributed by atoms with Gasteiger partial charge >= 0.3 is 0 Å². The Morgan fingerprint density at radius 2 is 1.79 bits per heavy atom. The highest BCUT2D eigenvalue weighted by molar-refractivity contribution is 7.09. The molecule has 1 heterocycles. The zero-order valence-corrected chi connectivity index (χ0v) is 18.2. The predicted molar refractivity (Wildman–Crippen MR) is 113 cm³/mol. The fourth-order valence-corrected chi connectivity index (χ4v) is 3.20. The van der Waals surface area contributed by atoms with Crippen LogP contribution in [0.1, 0.15) is 49.1 Å². The lowest BCUT2D eigenvalue weighted by Crippen LogP contribution is -2.31. The van der Waals surface area contributed by atoms with Gasteiger partial charge in [-0.25, -0.2) is 4.98 Å². The lowest BCUT2D eigenvalue weighted by atomic mass is 9.92. The molecule has 1 aromatic heterocycles. The molecule has 0 radical (unpaired) electrons. The molecular weight excluding hydrogens is 390 g/mol. The normalized spacial score (nSPS) is 11.0. The van der Waals surface area contributed by atoms with E-state index in [2.05, 4.69) is 15.6 Å². The first-order valence-corrected chi connectivity index (χ1v) is 10.4. The maximum absolute atomic E-state index is 12.2. The van der Waals surface area contributed by atoms with Gasteiger partial charge in [0, 0.05) is 24.9 Å². The van der Waals surface area contributed by atoms with Crippen LogP contribution < -0.4 is 20.1 Å². The summed E-state index contributed by atoms with van der Waals surface area (Å²) in [6.45, 7) is 7.34. The van der Waals surface area contributed by atoms with Crippen molar-refractivity contribution >= 4 is 23.2 Å². The molecule has 0 unspecified atom stereocenters. The summed E-state index contributed by atoms with van der Waals surface area (Å²) in [7, 11) is 1.59. The molecule has 2 aromatic rings. The Morgan fingerprint density at radius 1 is 1.10 bits per heavy atom. The molecule has 0 spiro atoms. The third-order valence-corrected chi connectivity index (χ3v) is 4.68. The van der Waals surface area contributed by atoms with Gasteiger partial charge in [-0.3, -0.25) is 9.59 Å². The second kappa shape index (κ2) is 10.8. The SMILES string of the molecule is COc1ccccc1OCc1nc(C(=O)NCCCNC(=O)CC(C)(C)C)cs1. The third kappa shape index (κ3) is 8.11. The molecule has 0 atom stereocenters. The number of thiazole rings is 1. The zero-order chi connectivity index (χ0) is 21.3. The molecule has 0 aliphatic rings. The average molecular weight is 420 g/mol. The summed E-state index contributed by atoms with van der Waals surface area (Å²) in [4.78, 5) is 28.3. The van der Waals surface area contributed by atoms with Crippen LogP contribution in [0.5, 0.6) is 11.5 Å². The standard InChI is InChI=1S/C21H29N3O4S/c1-21(2,3)12-18(25)22-10-7-11-23-20(26)15-14-29-19(24-15)13-28-17-9-6-5-8-16(17)27-4/h5-6,8-9,14H,7,10-13H2,1-4H3,(H,22,25)(H,23,26). The minimum atomic E-state index is -0.231. The van der Waals surface area contributed by atoms with Gasteiger partial charge in [0.25, 0.3) is 5.91 Å². The molecule has 29 heavy (non-hydrogen) atoms. The van der Waals surface area contributed by atoms with Gasteiger partial charge in [-0.05, 0) is 24.0 Å². The van der Waals surface area contributed by atoms with E-state index in [4.69, 9.17) is 9.47 Å². The highest BCUT2D eigenvalue weighted by Crippen LogP contribution is 2.27. The maximum Gasteiger partial charge on any atom is 0.270 e. The highest BCUT2D eigenvalue weighted by Gasteiger charge is 2.15. The summed E-state index contributed by atoms with van der Waals surface area (Å²) in [5.74, 6) is 1.08. The van der Waals surface area contributed by atoms with Gasteiger partial charge in [-0.1, -0.05) is 32.9 Å². The smallest absolute Gasteiger partial charge is 0.270 e. The minimum Gasteiger partial charge on any atom is -0.493 e. The average Bonchev–Trinajstić information content (AvgIpc) is 3.14. The van der Waals surface area contributed by atoms with Crippen LogP contribution in [-0.2, 0) is 11.4 Å². The Kier molecular flexibility index (Phi) is 8.45. The van der Waals surface area contributed by atoms with E-state index in [1.165, 1.54) is 11.3 Å². The van der Waals surface area contributed by atoms with Crippen molar-refractivity contribution in [2.75, 3.05) is 20.2 Å². The lowest BCUT2D eigenvalue weighted by molar-refractivity contribution is -0.122. The first-order valence-electron chi connectivity index (χ1n) is 9.53. The van der Waals surface area contributed by atoms with Gasteiger partial charge in [-0.15, -0.1) is 11.3 Å². The highest BCUT2D eigenvalue weighted by atomic mass is 32.1. The zero-order valence-electron chi connectivity index (χ0n) is 17.4. The number of methoxy groups -OCH3 is 1. The van der Waals surface area contributed by atoms with E-state index in [0.29, 0.717) is 48.1 Å². The maximum atomic E-state index is 12.2. The molecule has 0 saturated carbocycles. The Morgan fingerprint density at radius 3 is 2.48 bits per heavy atom. The van der Waals surface area contributed by atoms with E-state index in [1.807, 2.05) is 45.0 Å². The molecular formula is C21H29N3O4S. The van der Waals surface area contributed by atoms with Crippen LogP contribution in [0.15, 0.2) is 29.6 Å². The van der Waals surface area contributed by atoms with E-state index in [0.717, 1.165) is 0 Å². The number of ether oxygens (including phenoxy) is 2. The second-order valence-electron chi connectivity index (χ2n) is 7.76. The molecule has 158 valence electrons. The van der Waals surface area contributed by atoms with Crippen molar-refractivity contribution < 1.29 is 19.1 Å². The molecule has 2 rings (SSSR count). The number of para-hydroxylation sites is 2. The van der Waals surface area contributed by atoms with Crippen LogP contribution in [0.3, 0.4) is 0 Å². The number of hydrogen-bond donors (Lipinski definition) is 2. The summed E-state index contributed by atoms with van der Waals surface area (Å²) in [6, 6.07) is 7.37. The number of rotatable bonds is 10. The largest absolute Gasteiger partial charge is 0.493 e. The Bertz CT molecular complexity index is 814. The minimum absolute atomic E-state index is 0.0306. The second-order valence-corrected chi connectivity index (χ2v) is 8.71. The predicted octanol–water partition coefficient (Wildman–Crippen LogP) is 3.40. The summed E-state index contributed by atoms with van der Waals surface area (Å²) < 4.78 is 11.0. The molecule has 0 aliphatic carbocycles. The van der Waals surface area contributed by atoms with Crippen LogP contribution in [0.25, 0.3) is 0 Å². The summed E-state index contributed by atoms with van der Waals surface area (Å²) >= 11 is 1.37. The van der Waals surface area contributed by atoms with Crippen molar-refractivity contribution in [3.8, 4) is 11.5 Å². The van der Waals surface area contributed by atoms with Crippen molar-refractivity contribution in [3.05, 3.63) is 40.3 Å². The van der Waals surface area contributed by atoms with Gasteiger partial charge < -0.3 is 20.1 Å². The van der Waals surface area contributed by atoms with Crippen LogP contribution in [0, 0.1) is 5.41 Å². The number of aromatic nitrogens is 1. The number of amides is 2. The van der Waals surface area contributed by atoms with Gasteiger partial charge in [0.05, 0.1) is 7.11 Å². The number of hydrogen-bond acceptors (Lipinski definition) is 6. The van der Waals surface area contributed by atoms with E-state index in [1.54, 1.807) is 12.5 Å². The van der Waals surface area contributed by atoms with Crippen molar-refractivity contribution in [2.24, 2.45) is 5.41 Å². The number of nitrogens with zero attached hydrogens (tertiary/aromatic N) is 1. The van der Waals surface area contributed by atoms with E-state index < -0.39 is 0 Å². The number of carbonyl (C=O) groups is 2. The van der Waals surface area contributed by atoms with Gasteiger partial charge in [0.15, 0.2) is 11.5 Å². The van der Waals surface area contributed by atoms with Crippen molar-refractivity contribution in [2.45, 2.75) is 40.2 Å². The summed E-state index contributed by atoms with van der Waals surface area (Å²) in [6.07, 6.45) is 1.15. The summed E-state index contributed by atoms with van der Waals surface area (Å²) in [5.41, 5.74) is 0.334. The Labute approximate surface area is 175 Å². The topological polar surface area (TPSA) is 89.6 Å². The lowest BCUT2D eigenvalue weighted by Gasteiger charge is -2.17. The molecule has 7 nitrogen and oxygen atoms in total. The number of nitrogens with one attached hydrogen (secondary N) is 2. The molecule has 2 amide bonds. The van der Waals surface area contributed by atoms with E-state index >= 15 is 0 Å². The van der Waals surface area contributed by atoms with Gasteiger partial charge in [-0.2, -0.15) is 0 Å².